The van der Waals surface area contributed by atoms with Gasteiger partial charge in [-0.2, -0.15) is 0 Å². The lowest BCUT2D eigenvalue weighted by Crippen LogP contribution is -2.29. The molecule has 3 rings (SSSR count). The Kier molecular flexibility index (Phi) is 4.70. The molecule has 1 atom stereocenters. The molecule has 1 N–H and O–H groups in total. The van der Waals surface area contributed by atoms with Crippen molar-refractivity contribution in [3.05, 3.63) is 60.4 Å². The van der Waals surface area contributed by atoms with Gasteiger partial charge in [-0.1, -0.05) is 18.2 Å². The van der Waals surface area contributed by atoms with Crippen LogP contribution in [0.25, 0.3) is 11.0 Å². The van der Waals surface area contributed by atoms with Crippen LogP contribution < -0.4 is 10.1 Å². The lowest BCUT2D eigenvalue weighted by atomic mass is 10.2. The molecule has 0 fully saturated rings. The number of para-hydroxylation sites is 1. The fraction of sp³-hybridized carbons (Fsp3) is 0.158. The first kappa shape index (κ1) is 16.6. The number of rotatable bonds is 5. The summed E-state index contributed by atoms with van der Waals surface area (Å²) in [5.41, 5.74) is 1.17. The van der Waals surface area contributed by atoms with Crippen LogP contribution >= 0.6 is 0 Å². The van der Waals surface area contributed by atoms with E-state index in [-0.39, 0.29) is 5.76 Å². The molecule has 6 heteroatoms. The zero-order valence-corrected chi connectivity index (χ0v) is 13.8. The number of benzene rings is 2. The molecule has 0 unspecified atom stereocenters. The molecule has 0 saturated heterocycles. The molecule has 3 aromatic rings. The van der Waals surface area contributed by atoms with Gasteiger partial charge in [0.15, 0.2) is 6.10 Å². The Morgan fingerprint density at radius 3 is 2.48 bits per heavy atom. The zero-order valence-electron chi connectivity index (χ0n) is 13.8. The lowest BCUT2D eigenvalue weighted by molar-refractivity contribution is -0.123. The molecule has 0 aliphatic rings. The van der Waals surface area contributed by atoms with E-state index in [2.05, 4.69) is 5.32 Å². The summed E-state index contributed by atoms with van der Waals surface area (Å²) in [6.45, 7) is 1.50. The summed E-state index contributed by atoms with van der Waals surface area (Å²) in [4.78, 5) is 24.3. The van der Waals surface area contributed by atoms with Crippen molar-refractivity contribution < 1.29 is 23.5 Å². The maximum Gasteiger partial charge on any atom is 0.375 e. The van der Waals surface area contributed by atoms with E-state index in [0.717, 1.165) is 5.39 Å². The third-order valence-corrected chi connectivity index (χ3v) is 3.64. The lowest BCUT2D eigenvalue weighted by Gasteiger charge is -2.13. The number of furan rings is 1. The molecule has 0 spiro atoms. The highest BCUT2D eigenvalue weighted by Gasteiger charge is 2.21. The second kappa shape index (κ2) is 7.09. The van der Waals surface area contributed by atoms with Crippen molar-refractivity contribution in [3.8, 4) is 5.75 Å². The molecule has 0 radical (unpaired) electrons. The summed E-state index contributed by atoms with van der Waals surface area (Å²) in [5, 5.41) is 3.47. The van der Waals surface area contributed by atoms with E-state index in [9.17, 15) is 9.59 Å². The minimum absolute atomic E-state index is 0.0605. The molecular formula is C19H17NO5. The number of fused-ring (bicyclic) bond motifs is 1. The summed E-state index contributed by atoms with van der Waals surface area (Å²) < 4.78 is 15.7. The minimum atomic E-state index is -0.970. The fourth-order valence-electron chi connectivity index (χ4n) is 2.27. The largest absolute Gasteiger partial charge is 0.497 e. The van der Waals surface area contributed by atoms with Gasteiger partial charge in [0.2, 0.25) is 5.76 Å². The van der Waals surface area contributed by atoms with E-state index in [1.807, 2.05) is 18.2 Å². The van der Waals surface area contributed by atoms with Gasteiger partial charge in [0.05, 0.1) is 7.11 Å². The highest BCUT2D eigenvalue weighted by molar-refractivity contribution is 5.98. The van der Waals surface area contributed by atoms with Gasteiger partial charge in [-0.15, -0.1) is 0 Å². The molecule has 0 saturated carbocycles. The maximum absolute atomic E-state index is 12.2. The molecule has 0 aliphatic carbocycles. The number of methoxy groups -OCH3 is 1. The molecular weight excluding hydrogens is 322 g/mol. The molecule has 25 heavy (non-hydrogen) atoms. The molecule has 1 amide bonds. The third-order valence-electron chi connectivity index (χ3n) is 3.64. The quantitative estimate of drug-likeness (QED) is 0.718. The van der Waals surface area contributed by atoms with Gasteiger partial charge in [0, 0.05) is 11.1 Å². The molecule has 0 aliphatic heterocycles. The van der Waals surface area contributed by atoms with E-state index in [4.69, 9.17) is 13.9 Å². The average Bonchev–Trinajstić information content (AvgIpc) is 3.06. The van der Waals surface area contributed by atoms with Gasteiger partial charge in [-0.05, 0) is 43.3 Å². The van der Waals surface area contributed by atoms with E-state index in [0.29, 0.717) is 17.0 Å². The normalized spacial score (nSPS) is 11.8. The summed E-state index contributed by atoms with van der Waals surface area (Å²) in [6, 6.07) is 15.7. The second-order valence-corrected chi connectivity index (χ2v) is 5.41. The summed E-state index contributed by atoms with van der Waals surface area (Å²) in [6.07, 6.45) is -0.970. The first-order chi connectivity index (χ1) is 12.1. The number of esters is 1. The van der Waals surface area contributed by atoms with Crippen molar-refractivity contribution in [1.29, 1.82) is 0 Å². The van der Waals surface area contributed by atoms with Crippen molar-refractivity contribution in [3.63, 3.8) is 0 Å². The van der Waals surface area contributed by atoms with E-state index in [1.165, 1.54) is 6.92 Å². The minimum Gasteiger partial charge on any atom is -0.497 e. The topological polar surface area (TPSA) is 77.8 Å². The maximum atomic E-state index is 12.2. The number of hydrogen-bond acceptors (Lipinski definition) is 5. The van der Waals surface area contributed by atoms with E-state index < -0.39 is 18.0 Å². The molecule has 1 aromatic heterocycles. The zero-order chi connectivity index (χ0) is 17.8. The second-order valence-electron chi connectivity index (χ2n) is 5.41. The molecule has 6 nitrogen and oxygen atoms in total. The third kappa shape index (κ3) is 3.80. The first-order valence-corrected chi connectivity index (χ1v) is 7.71. The fourth-order valence-corrected chi connectivity index (χ4v) is 2.27. The molecule has 1 heterocycles. The van der Waals surface area contributed by atoms with Crippen molar-refractivity contribution >= 4 is 28.5 Å². The molecule has 2 aromatic carbocycles. The van der Waals surface area contributed by atoms with E-state index in [1.54, 1.807) is 43.5 Å². The number of carbonyl (C=O) groups is 2. The first-order valence-electron chi connectivity index (χ1n) is 7.71. The van der Waals surface area contributed by atoms with Crippen molar-refractivity contribution in [2.24, 2.45) is 0 Å². The van der Waals surface area contributed by atoms with Gasteiger partial charge in [0.25, 0.3) is 5.91 Å². The Hall–Kier alpha value is -3.28. The highest BCUT2D eigenvalue weighted by atomic mass is 16.6. The number of carbonyl (C=O) groups excluding carboxylic acids is 2. The van der Waals surface area contributed by atoms with Gasteiger partial charge in [0.1, 0.15) is 11.3 Å². The summed E-state index contributed by atoms with van der Waals surface area (Å²) >= 11 is 0. The Morgan fingerprint density at radius 2 is 1.80 bits per heavy atom. The average molecular weight is 339 g/mol. The number of ether oxygens (including phenoxy) is 2. The number of anilines is 1. The number of hydrogen-bond donors (Lipinski definition) is 1. The Bertz CT molecular complexity index is 865. The van der Waals surface area contributed by atoms with E-state index >= 15 is 0 Å². The predicted octanol–water partition coefficient (Wildman–Crippen LogP) is 3.63. The Balaban J connectivity index is 1.62. The van der Waals surface area contributed by atoms with Gasteiger partial charge >= 0.3 is 5.97 Å². The summed E-state index contributed by atoms with van der Waals surface area (Å²) in [7, 11) is 1.56. The standard InChI is InChI=1S/C19H17NO5/c1-12(18(21)20-14-7-9-15(23-2)10-8-14)24-19(22)17-11-13-5-3-4-6-16(13)25-17/h3-12H,1-2H3,(H,20,21)/t12-/m1/s1. The van der Waals surface area contributed by atoms with Gasteiger partial charge < -0.3 is 19.2 Å². The smallest absolute Gasteiger partial charge is 0.375 e. The number of nitrogens with one attached hydrogen (secondary N) is 1. The highest BCUT2D eigenvalue weighted by Crippen LogP contribution is 2.20. The monoisotopic (exact) mass is 339 g/mol. The van der Waals surface area contributed by atoms with Crippen LogP contribution in [-0.2, 0) is 9.53 Å². The van der Waals surface area contributed by atoms with Crippen LogP contribution in [0, 0.1) is 0 Å². The summed E-state index contributed by atoms with van der Waals surface area (Å²) in [5.74, 6) is -0.379. The van der Waals surface area contributed by atoms with Crippen LogP contribution in [0.4, 0.5) is 5.69 Å². The van der Waals surface area contributed by atoms with Gasteiger partial charge in [-0.3, -0.25) is 4.79 Å². The number of amides is 1. The van der Waals surface area contributed by atoms with Crippen molar-refractivity contribution in [2.75, 3.05) is 12.4 Å². The predicted molar refractivity (Wildman–Crippen MR) is 92.7 cm³/mol. The molecule has 0 bridgehead atoms. The van der Waals surface area contributed by atoms with Crippen LogP contribution in [0.5, 0.6) is 5.75 Å². The van der Waals surface area contributed by atoms with Crippen LogP contribution in [-0.4, -0.2) is 25.1 Å². The van der Waals surface area contributed by atoms with Crippen molar-refractivity contribution in [1.82, 2.24) is 0 Å². The van der Waals surface area contributed by atoms with Crippen LogP contribution in [0.15, 0.2) is 59.0 Å². The van der Waals surface area contributed by atoms with Gasteiger partial charge in [-0.25, -0.2) is 4.79 Å². The van der Waals surface area contributed by atoms with Crippen LogP contribution in [0.3, 0.4) is 0 Å². The Labute approximate surface area is 144 Å². The Morgan fingerprint density at radius 1 is 1.08 bits per heavy atom. The van der Waals surface area contributed by atoms with Crippen LogP contribution in [0.1, 0.15) is 17.5 Å². The van der Waals surface area contributed by atoms with Crippen LogP contribution in [0.2, 0.25) is 0 Å². The van der Waals surface area contributed by atoms with Crippen molar-refractivity contribution in [2.45, 2.75) is 13.0 Å². The molecule has 128 valence electrons. The SMILES string of the molecule is COc1ccc(NC(=O)[C@@H](C)OC(=O)c2cc3ccccc3o2)cc1.